The van der Waals surface area contributed by atoms with Gasteiger partial charge in [0.2, 0.25) is 0 Å². The Hall–Kier alpha value is -2.06. The summed E-state index contributed by atoms with van der Waals surface area (Å²) in [5.74, 6) is 0. The molecule has 1 aliphatic heterocycles. The highest BCUT2D eigenvalue weighted by molar-refractivity contribution is 9.10. The van der Waals surface area contributed by atoms with Crippen molar-refractivity contribution in [2.45, 2.75) is 12.5 Å². The van der Waals surface area contributed by atoms with Crippen molar-refractivity contribution in [3.63, 3.8) is 0 Å². The van der Waals surface area contributed by atoms with E-state index in [1.807, 2.05) is 0 Å². The largest absolute Gasteiger partial charge is 0.360 e. The maximum atomic E-state index is 3.55. The Bertz CT molecular complexity index is 796. The zero-order valence-corrected chi connectivity index (χ0v) is 14.4. The smallest absolute Gasteiger partial charge is 0.0796 e. The average molecular weight is 364 g/mol. The first-order valence-corrected chi connectivity index (χ1v) is 8.77. The van der Waals surface area contributed by atoms with Crippen LogP contribution in [0, 0.1) is 0 Å². The van der Waals surface area contributed by atoms with Gasteiger partial charge in [-0.3, -0.25) is 0 Å². The highest BCUT2D eigenvalue weighted by Gasteiger charge is 2.28. The highest BCUT2D eigenvalue weighted by Crippen LogP contribution is 2.38. The van der Waals surface area contributed by atoms with E-state index < -0.39 is 0 Å². The number of rotatable bonds is 3. The predicted octanol–water partition coefficient (Wildman–Crippen LogP) is 5.60. The quantitative estimate of drug-likeness (QED) is 0.585. The molecule has 1 unspecified atom stereocenters. The van der Waals surface area contributed by atoms with E-state index in [-0.39, 0.29) is 6.04 Å². The molecule has 3 aromatic carbocycles. The molecule has 23 heavy (non-hydrogen) atoms. The lowest BCUT2D eigenvalue weighted by Gasteiger charge is -2.31. The Morgan fingerprint density at radius 1 is 0.739 bits per heavy atom. The predicted molar refractivity (Wildman–Crippen MR) is 99.9 cm³/mol. The Kier molecular flexibility index (Phi) is 3.92. The van der Waals surface area contributed by atoms with E-state index >= 15 is 0 Å². The van der Waals surface area contributed by atoms with Crippen LogP contribution in [0.2, 0.25) is 0 Å². The Balaban J connectivity index is 1.82. The first-order valence-electron chi connectivity index (χ1n) is 7.98. The third kappa shape index (κ3) is 2.79. The van der Waals surface area contributed by atoms with Gasteiger partial charge in [-0.15, -0.1) is 0 Å². The Morgan fingerprint density at radius 3 is 2.17 bits per heavy atom. The minimum Gasteiger partial charge on any atom is -0.360 e. The second-order valence-electron chi connectivity index (χ2n) is 5.94. The number of para-hydroxylation sites is 1. The van der Waals surface area contributed by atoms with E-state index in [1.165, 1.54) is 22.4 Å². The maximum Gasteiger partial charge on any atom is 0.0796 e. The van der Waals surface area contributed by atoms with Crippen molar-refractivity contribution in [3.05, 3.63) is 100 Å². The Labute approximate surface area is 145 Å². The standard InChI is InChI=1S/C21H18BrN/c22-19-12-10-18(11-13-19)21(17-7-2-1-3-8-17)23-15-14-16-6-4-5-9-20(16)23/h1-13,21H,14-15H2. The summed E-state index contributed by atoms with van der Waals surface area (Å²) in [5.41, 5.74) is 5.48. The fourth-order valence-electron chi connectivity index (χ4n) is 3.46. The van der Waals surface area contributed by atoms with Crippen LogP contribution in [0.5, 0.6) is 0 Å². The van der Waals surface area contributed by atoms with Gasteiger partial charge in [0, 0.05) is 16.7 Å². The molecule has 4 rings (SSSR count). The van der Waals surface area contributed by atoms with Gasteiger partial charge >= 0.3 is 0 Å². The van der Waals surface area contributed by atoms with Crippen molar-refractivity contribution in [2.75, 3.05) is 11.4 Å². The molecule has 2 heteroatoms. The zero-order chi connectivity index (χ0) is 15.6. The lowest BCUT2D eigenvalue weighted by molar-refractivity contribution is 0.732. The number of fused-ring (bicyclic) bond motifs is 1. The summed E-state index contributed by atoms with van der Waals surface area (Å²) in [4.78, 5) is 2.54. The van der Waals surface area contributed by atoms with Crippen molar-refractivity contribution in [1.29, 1.82) is 0 Å². The van der Waals surface area contributed by atoms with Crippen LogP contribution in [0.4, 0.5) is 5.69 Å². The van der Waals surface area contributed by atoms with Crippen molar-refractivity contribution in [1.82, 2.24) is 0 Å². The van der Waals surface area contributed by atoms with Crippen LogP contribution in [-0.2, 0) is 6.42 Å². The molecule has 114 valence electrons. The number of hydrogen-bond acceptors (Lipinski definition) is 1. The Morgan fingerprint density at radius 2 is 1.39 bits per heavy atom. The molecule has 0 aromatic heterocycles. The van der Waals surface area contributed by atoms with E-state index in [2.05, 4.69) is 99.7 Å². The number of anilines is 1. The monoisotopic (exact) mass is 363 g/mol. The topological polar surface area (TPSA) is 3.24 Å². The summed E-state index contributed by atoms with van der Waals surface area (Å²) in [7, 11) is 0. The average Bonchev–Trinajstić information content (AvgIpc) is 3.02. The van der Waals surface area contributed by atoms with E-state index in [4.69, 9.17) is 0 Å². The second kappa shape index (κ2) is 6.21. The molecular weight excluding hydrogens is 346 g/mol. The molecule has 1 atom stereocenters. The molecule has 0 fully saturated rings. The molecule has 0 saturated carbocycles. The third-order valence-electron chi connectivity index (χ3n) is 4.54. The summed E-state index contributed by atoms with van der Waals surface area (Å²) in [6.45, 7) is 1.06. The van der Waals surface area contributed by atoms with E-state index in [1.54, 1.807) is 0 Å². The van der Waals surface area contributed by atoms with Crippen molar-refractivity contribution in [2.24, 2.45) is 0 Å². The van der Waals surface area contributed by atoms with Gasteiger partial charge in [-0.1, -0.05) is 76.6 Å². The summed E-state index contributed by atoms with van der Waals surface area (Å²) >= 11 is 3.55. The summed E-state index contributed by atoms with van der Waals surface area (Å²) in [5, 5.41) is 0. The van der Waals surface area contributed by atoms with E-state index in [0.29, 0.717) is 0 Å². The molecule has 1 nitrogen and oxygen atoms in total. The summed E-state index contributed by atoms with van der Waals surface area (Å²) in [6, 6.07) is 28.5. The van der Waals surface area contributed by atoms with Crippen LogP contribution in [-0.4, -0.2) is 6.54 Å². The molecule has 0 bridgehead atoms. The molecule has 0 spiro atoms. The molecule has 1 aliphatic rings. The molecular formula is C21H18BrN. The summed E-state index contributed by atoms with van der Waals surface area (Å²) < 4.78 is 1.12. The molecule has 0 saturated heterocycles. The lowest BCUT2D eigenvalue weighted by Crippen LogP contribution is -2.27. The van der Waals surface area contributed by atoms with Crippen molar-refractivity contribution in [3.8, 4) is 0 Å². The van der Waals surface area contributed by atoms with E-state index in [0.717, 1.165) is 17.4 Å². The maximum absolute atomic E-state index is 3.55. The highest BCUT2D eigenvalue weighted by atomic mass is 79.9. The SMILES string of the molecule is Brc1ccc(C(c2ccccc2)N2CCc3ccccc32)cc1. The summed E-state index contributed by atoms with van der Waals surface area (Å²) in [6.07, 6.45) is 1.12. The van der Waals surface area contributed by atoms with Crippen LogP contribution in [0.1, 0.15) is 22.7 Å². The second-order valence-corrected chi connectivity index (χ2v) is 6.85. The van der Waals surface area contributed by atoms with Crippen LogP contribution >= 0.6 is 15.9 Å². The van der Waals surface area contributed by atoms with Crippen LogP contribution in [0.25, 0.3) is 0 Å². The van der Waals surface area contributed by atoms with Gasteiger partial charge in [0.15, 0.2) is 0 Å². The van der Waals surface area contributed by atoms with Crippen molar-refractivity contribution >= 4 is 21.6 Å². The zero-order valence-electron chi connectivity index (χ0n) is 12.8. The normalized spacial score (nSPS) is 14.6. The minimum absolute atomic E-state index is 0.257. The lowest BCUT2D eigenvalue weighted by atomic mass is 9.97. The number of halogens is 1. The fourth-order valence-corrected chi connectivity index (χ4v) is 3.73. The number of benzene rings is 3. The molecule has 3 aromatic rings. The van der Waals surface area contributed by atoms with Crippen molar-refractivity contribution < 1.29 is 0 Å². The van der Waals surface area contributed by atoms with Crippen LogP contribution in [0.15, 0.2) is 83.3 Å². The first-order chi connectivity index (χ1) is 11.3. The third-order valence-corrected chi connectivity index (χ3v) is 5.06. The number of nitrogens with zero attached hydrogens (tertiary/aromatic N) is 1. The molecule has 0 N–H and O–H groups in total. The molecule has 0 aliphatic carbocycles. The van der Waals surface area contributed by atoms with Gasteiger partial charge in [0.25, 0.3) is 0 Å². The van der Waals surface area contributed by atoms with Crippen LogP contribution in [0.3, 0.4) is 0 Å². The van der Waals surface area contributed by atoms with Gasteiger partial charge in [-0.05, 0) is 41.3 Å². The molecule has 0 amide bonds. The van der Waals surface area contributed by atoms with Crippen LogP contribution < -0.4 is 4.90 Å². The molecule has 1 heterocycles. The fraction of sp³-hybridized carbons (Fsp3) is 0.143. The van der Waals surface area contributed by atoms with Gasteiger partial charge in [-0.25, -0.2) is 0 Å². The van der Waals surface area contributed by atoms with Gasteiger partial charge < -0.3 is 4.90 Å². The number of hydrogen-bond donors (Lipinski definition) is 0. The van der Waals surface area contributed by atoms with Gasteiger partial charge in [0.1, 0.15) is 0 Å². The minimum atomic E-state index is 0.257. The van der Waals surface area contributed by atoms with Gasteiger partial charge in [-0.2, -0.15) is 0 Å². The first kappa shape index (κ1) is 14.5. The van der Waals surface area contributed by atoms with E-state index in [9.17, 15) is 0 Å². The molecule has 0 radical (unpaired) electrons. The van der Waals surface area contributed by atoms with Gasteiger partial charge in [0.05, 0.1) is 6.04 Å².